The van der Waals surface area contributed by atoms with Crippen LogP contribution in [0.3, 0.4) is 0 Å². The Kier molecular flexibility index (Phi) is 5.58. The summed E-state index contributed by atoms with van der Waals surface area (Å²) in [5.74, 6) is -1.52. The number of nitrogens with zero attached hydrogens (tertiary/aromatic N) is 2. The van der Waals surface area contributed by atoms with Gasteiger partial charge in [-0.2, -0.15) is 10.2 Å². The van der Waals surface area contributed by atoms with Crippen LogP contribution in [0.4, 0.5) is 10.1 Å². The van der Waals surface area contributed by atoms with Gasteiger partial charge in [0.15, 0.2) is 0 Å². The molecule has 0 aliphatic carbocycles. The fourth-order valence-electron chi connectivity index (χ4n) is 3.52. The maximum Gasteiger partial charge on any atom is 0.253 e. The molecule has 0 bridgehead atoms. The molecule has 2 heterocycles. The summed E-state index contributed by atoms with van der Waals surface area (Å²) in [7, 11) is 0. The van der Waals surface area contributed by atoms with Crippen molar-refractivity contribution in [3.05, 3.63) is 89.0 Å². The minimum atomic E-state index is -0.532. The van der Waals surface area contributed by atoms with Gasteiger partial charge in [-0.3, -0.25) is 9.59 Å². The lowest BCUT2D eigenvalue weighted by atomic mass is 9.86. The number of carbonyl (C=O) groups excluding carboxylic acids is 2. The number of amides is 2. The minimum Gasteiger partial charge on any atom is -0.332 e. The van der Waals surface area contributed by atoms with Crippen molar-refractivity contribution in [3.63, 3.8) is 0 Å². The van der Waals surface area contributed by atoms with E-state index in [0.717, 1.165) is 16.8 Å². The Balaban J connectivity index is 1.62. The molecule has 0 unspecified atom stereocenters. The number of halogens is 1. The van der Waals surface area contributed by atoms with Crippen LogP contribution >= 0.6 is 0 Å². The molecule has 2 N–H and O–H groups in total. The zero-order valence-corrected chi connectivity index (χ0v) is 17.1. The van der Waals surface area contributed by atoms with E-state index in [1.54, 1.807) is 12.1 Å². The van der Waals surface area contributed by atoms with Crippen LogP contribution in [0.25, 0.3) is 11.3 Å². The van der Waals surface area contributed by atoms with Crippen molar-refractivity contribution in [1.82, 2.24) is 15.5 Å². The summed E-state index contributed by atoms with van der Waals surface area (Å²) < 4.78 is 13.7. The van der Waals surface area contributed by atoms with E-state index in [-0.39, 0.29) is 18.2 Å². The van der Waals surface area contributed by atoms with Gasteiger partial charge in [0.05, 0.1) is 11.4 Å². The third-order valence-electron chi connectivity index (χ3n) is 5.25. The van der Waals surface area contributed by atoms with Crippen LogP contribution in [0.2, 0.25) is 0 Å². The summed E-state index contributed by atoms with van der Waals surface area (Å²) >= 11 is 0. The summed E-state index contributed by atoms with van der Waals surface area (Å²) in [4.78, 5) is 25.1. The number of benzene rings is 2. The van der Waals surface area contributed by atoms with Crippen LogP contribution in [0.1, 0.15) is 29.2 Å². The molecule has 1 aliphatic rings. The van der Waals surface area contributed by atoms with Crippen molar-refractivity contribution in [2.75, 3.05) is 5.32 Å². The number of carbonyl (C=O) groups is 2. The zero-order chi connectivity index (χ0) is 22.0. The van der Waals surface area contributed by atoms with Crippen molar-refractivity contribution < 1.29 is 14.0 Å². The molecule has 4 rings (SSSR count). The highest BCUT2D eigenvalue weighted by molar-refractivity contribution is 6.07. The number of rotatable bonds is 4. The Morgan fingerprint density at radius 1 is 1.10 bits per heavy atom. The summed E-state index contributed by atoms with van der Waals surface area (Å²) in [5.41, 5.74) is 4.78. The van der Waals surface area contributed by atoms with Gasteiger partial charge in [0.25, 0.3) is 5.91 Å². The fourth-order valence-corrected chi connectivity index (χ4v) is 3.52. The lowest BCUT2D eigenvalue weighted by molar-refractivity contribution is -0.121. The Bertz CT molecular complexity index is 1190. The first kappa shape index (κ1) is 20.4. The van der Waals surface area contributed by atoms with Crippen LogP contribution in [-0.2, 0) is 9.59 Å². The van der Waals surface area contributed by atoms with Crippen molar-refractivity contribution >= 4 is 17.5 Å². The second-order valence-electron chi connectivity index (χ2n) is 7.52. The molecule has 0 saturated carbocycles. The Morgan fingerprint density at radius 2 is 1.94 bits per heavy atom. The molecule has 2 aromatic carbocycles. The summed E-state index contributed by atoms with van der Waals surface area (Å²) in [6.07, 6.45) is 1.47. The minimum absolute atomic E-state index is 0.0701. The highest BCUT2D eigenvalue weighted by Crippen LogP contribution is 2.32. The monoisotopic (exact) mass is 416 g/mol. The summed E-state index contributed by atoms with van der Waals surface area (Å²) in [5, 5.41) is 13.8. The molecule has 1 aromatic heterocycles. The van der Waals surface area contributed by atoms with Crippen molar-refractivity contribution in [2.24, 2.45) is 0 Å². The van der Waals surface area contributed by atoms with E-state index in [0.29, 0.717) is 22.5 Å². The van der Waals surface area contributed by atoms with Crippen LogP contribution in [0.5, 0.6) is 0 Å². The number of aromatic nitrogens is 2. The van der Waals surface area contributed by atoms with Gasteiger partial charge in [0.1, 0.15) is 5.82 Å². The van der Waals surface area contributed by atoms with E-state index >= 15 is 0 Å². The summed E-state index contributed by atoms with van der Waals surface area (Å²) in [6, 6.07) is 15.4. The number of anilines is 1. The SMILES string of the molecule is Cc1ccc(-c2ccc(C)c(NC(=O)C3=CNC(=O)C[C@H]3c3cccc(F)c3)c2)nn1. The van der Waals surface area contributed by atoms with E-state index in [1.807, 2.05) is 44.2 Å². The second kappa shape index (κ2) is 8.47. The number of aryl methyl sites for hydroxylation is 2. The standard InChI is InChI=1S/C24H21FN4O2/c1-14-6-8-17(21-9-7-15(2)28-29-21)11-22(14)27-24(31)20-13-26-23(30)12-19(20)16-4-3-5-18(25)10-16/h3-11,13,19H,12H2,1-2H3,(H,26,30)(H,27,31)/t19-/m0/s1. The molecule has 0 fully saturated rings. The Morgan fingerprint density at radius 3 is 2.68 bits per heavy atom. The van der Waals surface area contributed by atoms with Crippen LogP contribution in [0.15, 0.2) is 66.4 Å². The maximum absolute atomic E-state index is 13.7. The lowest BCUT2D eigenvalue weighted by Gasteiger charge is -2.24. The van der Waals surface area contributed by atoms with Gasteiger partial charge in [0, 0.05) is 35.4 Å². The van der Waals surface area contributed by atoms with Crippen LogP contribution in [-0.4, -0.2) is 22.0 Å². The maximum atomic E-state index is 13.7. The predicted molar refractivity (Wildman–Crippen MR) is 116 cm³/mol. The zero-order valence-electron chi connectivity index (χ0n) is 17.1. The van der Waals surface area contributed by atoms with E-state index in [9.17, 15) is 14.0 Å². The third kappa shape index (κ3) is 4.50. The normalized spacial score (nSPS) is 15.8. The molecule has 1 atom stereocenters. The van der Waals surface area contributed by atoms with Gasteiger partial charge in [-0.15, -0.1) is 0 Å². The Labute approximate surface area is 179 Å². The fraction of sp³-hybridized carbons (Fsp3) is 0.167. The van der Waals surface area contributed by atoms with Gasteiger partial charge in [-0.05, 0) is 55.3 Å². The second-order valence-corrected chi connectivity index (χ2v) is 7.52. The van der Waals surface area contributed by atoms with E-state index < -0.39 is 11.7 Å². The van der Waals surface area contributed by atoms with E-state index in [4.69, 9.17) is 0 Å². The molecule has 0 saturated heterocycles. The van der Waals surface area contributed by atoms with Crippen LogP contribution in [0, 0.1) is 19.7 Å². The van der Waals surface area contributed by atoms with Crippen molar-refractivity contribution in [1.29, 1.82) is 0 Å². The molecular weight excluding hydrogens is 395 g/mol. The number of hydrogen-bond acceptors (Lipinski definition) is 4. The molecule has 3 aromatic rings. The van der Waals surface area contributed by atoms with Gasteiger partial charge in [-0.1, -0.05) is 24.3 Å². The molecule has 0 radical (unpaired) electrons. The largest absolute Gasteiger partial charge is 0.332 e. The lowest BCUT2D eigenvalue weighted by Crippen LogP contribution is -2.32. The summed E-state index contributed by atoms with van der Waals surface area (Å²) in [6.45, 7) is 3.75. The van der Waals surface area contributed by atoms with Crippen LogP contribution < -0.4 is 10.6 Å². The topological polar surface area (TPSA) is 84.0 Å². The average molecular weight is 416 g/mol. The number of hydrogen-bond donors (Lipinski definition) is 2. The first-order chi connectivity index (χ1) is 14.9. The molecule has 2 amide bonds. The quantitative estimate of drug-likeness (QED) is 0.673. The van der Waals surface area contributed by atoms with Gasteiger partial charge < -0.3 is 10.6 Å². The highest BCUT2D eigenvalue weighted by atomic mass is 19.1. The molecule has 7 heteroatoms. The van der Waals surface area contributed by atoms with E-state index in [1.165, 1.54) is 18.3 Å². The molecule has 0 spiro atoms. The predicted octanol–water partition coefficient (Wildman–Crippen LogP) is 4.03. The third-order valence-corrected chi connectivity index (χ3v) is 5.25. The van der Waals surface area contributed by atoms with Gasteiger partial charge in [-0.25, -0.2) is 4.39 Å². The first-order valence-corrected chi connectivity index (χ1v) is 9.88. The first-order valence-electron chi connectivity index (χ1n) is 9.88. The average Bonchev–Trinajstić information content (AvgIpc) is 2.76. The van der Waals surface area contributed by atoms with Gasteiger partial charge in [0.2, 0.25) is 5.91 Å². The number of nitrogens with one attached hydrogen (secondary N) is 2. The van der Waals surface area contributed by atoms with Crippen molar-refractivity contribution in [3.8, 4) is 11.3 Å². The van der Waals surface area contributed by atoms with Gasteiger partial charge >= 0.3 is 0 Å². The molecule has 1 aliphatic heterocycles. The molecule has 6 nitrogen and oxygen atoms in total. The van der Waals surface area contributed by atoms with Crippen molar-refractivity contribution in [2.45, 2.75) is 26.2 Å². The molecule has 156 valence electrons. The smallest absolute Gasteiger partial charge is 0.253 e. The highest BCUT2D eigenvalue weighted by Gasteiger charge is 2.29. The Hall–Kier alpha value is -3.87. The van der Waals surface area contributed by atoms with E-state index in [2.05, 4.69) is 20.8 Å². The molecular formula is C24H21FN4O2. The molecule has 31 heavy (non-hydrogen) atoms.